The van der Waals surface area contributed by atoms with Gasteiger partial charge in [-0.25, -0.2) is 9.78 Å². The molecule has 1 aliphatic rings. The number of aryl methyl sites for hydroxylation is 2. The number of aromatic nitrogens is 1. The van der Waals surface area contributed by atoms with Gasteiger partial charge in [0.1, 0.15) is 17.9 Å². The minimum Gasteiger partial charge on any atom is -0.480 e. The van der Waals surface area contributed by atoms with Gasteiger partial charge >= 0.3 is 5.97 Å². The Hall–Kier alpha value is -2.09. The molecule has 2 heterocycles. The number of carbonyl (C=O) groups is 1. The van der Waals surface area contributed by atoms with Gasteiger partial charge in [-0.05, 0) is 38.3 Å². The number of carboxylic acids is 1. The Balaban J connectivity index is 2.51. The van der Waals surface area contributed by atoms with E-state index in [9.17, 15) is 15.2 Å². The smallest absolute Gasteiger partial charge is 0.326 e. The Morgan fingerprint density at radius 2 is 2.20 bits per heavy atom. The average Bonchev–Trinajstić information content (AvgIpc) is 2.63. The summed E-state index contributed by atoms with van der Waals surface area (Å²) in [6.45, 7) is 4.37. The van der Waals surface area contributed by atoms with Crippen molar-refractivity contribution in [2.45, 2.75) is 45.6 Å². The zero-order valence-corrected chi connectivity index (χ0v) is 11.9. The summed E-state index contributed by atoms with van der Waals surface area (Å²) in [5, 5.41) is 18.8. The molecule has 106 valence electrons. The maximum absolute atomic E-state index is 11.5. The maximum Gasteiger partial charge on any atom is 0.326 e. The van der Waals surface area contributed by atoms with Crippen molar-refractivity contribution in [1.29, 1.82) is 5.26 Å². The summed E-state index contributed by atoms with van der Waals surface area (Å²) in [4.78, 5) is 17.8. The highest BCUT2D eigenvalue weighted by molar-refractivity contribution is 5.79. The van der Waals surface area contributed by atoms with Crippen molar-refractivity contribution in [3.05, 3.63) is 22.9 Å². The van der Waals surface area contributed by atoms with Crippen LogP contribution in [-0.2, 0) is 4.79 Å². The molecule has 20 heavy (non-hydrogen) atoms. The lowest BCUT2D eigenvalue weighted by Crippen LogP contribution is -2.42. The number of aliphatic carboxylic acids is 1. The SMILES string of the molecule is Cc1cc(C)c(C#N)c(N2CCCCCC2C(=O)O)n1. The highest BCUT2D eigenvalue weighted by atomic mass is 16.4. The van der Waals surface area contributed by atoms with Crippen LogP contribution in [0.1, 0.15) is 42.5 Å². The van der Waals surface area contributed by atoms with E-state index in [1.165, 1.54) is 0 Å². The van der Waals surface area contributed by atoms with E-state index in [1.54, 1.807) is 4.90 Å². The molecule has 5 heteroatoms. The van der Waals surface area contributed by atoms with E-state index in [-0.39, 0.29) is 0 Å². The Labute approximate surface area is 118 Å². The van der Waals surface area contributed by atoms with Gasteiger partial charge in [0.2, 0.25) is 0 Å². The van der Waals surface area contributed by atoms with Gasteiger partial charge in [-0.2, -0.15) is 5.26 Å². The molecule has 0 saturated carbocycles. The molecule has 1 atom stereocenters. The zero-order chi connectivity index (χ0) is 14.7. The molecular formula is C15H19N3O2. The first-order valence-corrected chi connectivity index (χ1v) is 6.92. The molecule has 0 spiro atoms. The van der Waals surface area contributed by atoms with E-state index in [1.807, 2.05) is 19.9 Å². The second-order valence-electron chi connectivity index (χ2n) is 5.29. The molecule has 1 unspecified atom stereocenters. The van der Waals surface area contributed by atoms with Gasteiger partial charge in [-0.3, -0.25) is 0 Å². The first kappa shape index (κ1) is 14.3. The van der Waals surface area contributed by atoms with Crippen LogP contribution in [-0.4, -0.2) is 28.6 Å². The van der Waals surface area contributed by atoms with Crippen molar-refractivity contribution < 1.29 is 9.90 Å². The van der Waals surface area contributed by atoms with Crippen LogP contribution in [0, 0.1) is 25.2 Å². The second kappa shape index (κ2) is 5.91. The molecule has 5 nitrogen and oxygen atoms in total. The number of rotatable bonds is 2. The summed E-state index contributed by atoms with van der Waals surface area (Å²) >= 11 is 0. The van der Waals surface area contributed by atoms with Gasteiger partial charge in [0.25, 0.3) is 0 Å². The van der Waals surface area contributed by atoms with Crippen LogP contribution in [0.3, 0.4) is 0 Å². The highest BCUT2D eigenvalue weighted by Crippen LogP contribution is 2.28. The van der Waals surface area contributed by atoms with Crippen LogP contribution in [0.5, 0.6) is 0 Å². The molecule has 1 aliphatic heterocycles. The van der Waals surface area contributed by atoms with Crippen molar-refractivity contribution in [2.75, 3.05) is 11.4 Å². The molecule has 0 bridgehead atoms. The number of anilines is 1. The van der Waals surface area contributed by atoms with Gasteiger partial charge in [0.05, 0.1) is 5.56 Å². The van der Waals surface area contributed by atoms with Crippen LogP contribution in [0.15, 0.2) is 6.07 Å². The summed E-state index contributed by atoms with van der Waals surface area (Å²) in [7, 11) is 0. The topological polar surface area (TPSA) is 77.2 Å². The van der Waals surface area contributed by atoms with Crippen molar-refractivity contribution in [1.82, 2.24) is 4.98 Å². The van der Waals surface area contributed by atoms with Gasteiger partial charge in [0.15, 0.2) is 0 Å². The van der Waals surface area contributed by atoms with Crippen LogP contribution >= 0.6 is 0 Å². The summed E-state index contributed by atoms with van der Waals surface area (Å²) in [5.41, 5.74) is 2.15. The summed E-state index contributed by atoms with van der Waals surface area (Å²) in [6, 6.07) is 3.44. The summed E-state index contributed by atoms with van der Waals surface area (Å²) < 4.78 is 0. The third-order valence-electron chi connectivity index (χ3n) is 3.75. The van der Waals surface area contributed by atoms with E-state index >= 15 is 0 Å². The fourth-order valence-corrected chi connectivity index (χ4v) is 2.78. The van der Waals surface area contributed by atoms with E-state index in [4.69, 9.17) is 0 Å². The normalized spacial score (nSPS) is 19.2. The first-order chi connectivity index (χ1) is 9.54. The molecule has 0 radical (unpaired) electrons. The number of hydrogen-bond donors (Lipinski definition) is 1. The fraction of sp³-hybridized carbons (Fsp3) is 0.533. The molecule has 0 aromatic carbocycles. The van der Waals surface area contributed by atoms with Gasteiger partial charge in [-0.1, -0.05) is 12.8 Å². The van der Waals surface area contributed by atoms with E-state index in [0.29, 0.717) is 24.3 Å². The van der Waals surface area contributed by atoms with E-state index in [2.05, 4.69) is 11.1 Å². The lowest BCUT2D eigenvalue weighted by molar-refractivity contribution is -0.138. The molecule has 2 rings (SSSR count). The number of carboxylic acid groups (broad SMARTS) is 1. The van der Waals surface area contributed by atoms with Crippen molar-refractivity contribution in [2.24, 2.45) is 0 Å². The lowest BCUT2D eigenvalue weighted by Gasteiger charge is -2.29. The Bertz CT molecular complexity index is 563. The third-order valence-corrected chi connectivity index (χ3v) is 3.75. The largest absolute Gasteiger partial charge is 0.480 e. The molecule has 0 aliphatic carbocycles. The van der Waals surface area contributed by atoms with Gasteiger partial charge in [0, 0.05) is 12.2 Å². The van der Waals surface area contributed by atoms with Gasteiger partial charge < -0.3 is 10.0 Å². The van der Waals surface area contributed by atoms with E-state index in [0.717, 1.165) is 30.5 Å². The highest BCUT2D eigenvalue weighted by Gasteiger charge is 2.30. The maximum atomic E-state index is 11.5. The monoisotopic (exact) mass is 273 g/mol. The van der Waals surface area contributed by atoms with Crippen LogP contribution in [0.2, 0.25) is 0 Å². The summed E-state index contributed by atoms with van der Waals surface area (Å²) in [6.07, 6.45) is 3.46. The predicted octanol–water partition coefficient (Wildman–Crippen LogP) is 2.40. The minimum atomic E-state index is -0.836. The zero-order valence-electron chi connectivity index (χ0n) is 11.9. The Kier molecular flexibility index (Phi) is 4.23. The number of nitriles is 1. The second-order valence-corrected chi connectivity index (χ2v) is 5.29. The number of nitrogens with zero attached hydrogens (tertiary/aromatic N) is 3. The quantitative estimate of drug-likeness (QED) is 0.895. The molecule has 1 saturated heterocycles. The molecule has 1 fully saturated rings. The van der Waals surface area contributed by atoms with Crippen molar-refractivity contribution >= 4 is 11.8 Å². The Morgan fingerprint density at radius 1 is 1.45 bits per heavy atom. The fourth-order valence-electron chi connectivity index (χ4n) is 2.78. The predicted molar refractivity (Wildman–Crippen MR) is 75.7 cm³/mol. The van der Waals surface area contributed by atoms with E-state index < -0.39 is 12.0 Å². The molecule has 1 aromatic rings. The molecule has 0 amide bonds. The standard InChI is InChI=1S/C15H19N3O2/c1-10-8-11(2)17-14(12(10)9-16)18-7-5-3-4-6-13(18)15(19)20/h8,13H,3-7H2,1-2H3,(H,19,20). The minimum absolute atomic E-state index is 0.490. The lowest BCUT2D eigenvalue weighted by atomic mass is 10.1. The number of hydrogen-bond acceptors (Lipinski definition) is 4. The Morgan fingerprint density at radius 3 is 2.85 bits per heavy atom. The summed E-state index contributed by atoms with van der Waals surface area (Å²) in [5.74, 6) is -0.309. The molecular weight excluding hydrogens is 254 g/mol. The van der Waals surface area contributed by atoms with Crippen LogP contribution in [0.25, 0.3) is 0 Å². The van der Waals surface area contributed by atoms with Gasteiger partial charge in [-0.15, -0.1) is 0 Å². The third kappa shape index (κ3) is 2.74. The van der Waals surface area contributed by atoms with Crippen LogP contribution < -0.4 is 4.90 Å². The number of pyridine rings is 1. The average molecular weight is 273 g/mol. The van der Waals surface area contributed by atoms with Crippen molar-refractivity contribution in [3.8, 4) is 6.07 Å². The first-order valence-electron chi connectivity index (χ1n) is 6.92. The van der Waals surface area contributed by atoms with Crippen LogP contribution in [0.4, 0.5) is 5.82 Å². The molecule has 1 aromatic heterocycles. The molecule has 1 N–H and O–H groups in total. The van der Waals surface area contributed by atoms with Crippen molar-refractivity contribution in [3.63, 3.8) is 0 Å².